The molecule has 0 radical (unpaired) electrons. The quantitative estimate of drug-likeness (QED) is 0.810. The van der Waals surface area contributed by atoms with Crippen LogP contribution in [0.2, 0.25) is 0 Å². The molecule has 1 aromatic rings. The normalized spacial score (nSPS) is 13.2. The monoisotopic (exact) mass is 337 g/mol. The number of ether oxygens (including phenoxy) is 1. The van der Waals surface area contributed by atoms with Gasteiger partial charge in [-0.25, -0.2) is 0 Å². The number of halogens is 6. The Kier molecular flexibility index (Phi) is 5.79. The van der Waals surface area contributed by atoms with E-state index in [-0.39, 0.29) is 11.6 Å². The predicted octanol–water partition coefficient (Wildman–Crippen LogP) is 3.16. The number of rotatable bonds is 6. The Bertz CT molecular complexity index is 431. The van der Waals surface area contributed by atoms with Crippen LogP contribution in [0, 0.1) is 5.92 Å². The first kappa shape index (κ1) is 18.0. The van der Waals surface area contributed by atoms with E-state index in [9.17, 15) is 26.3 Å². The maximum atomic E-state index is 12.3. The van der Waals surface area contributed by atoms with Crippen LogP contribution >= 0.6 is 11.3 Å². The second-order valence-corrected chi connectivity index (χ2v) is 5.59. The van der Waals surface area contributed by atoms with E-state index >= 15 is 0 Å². The topological polar surface area (TPSA) is 47.0 Å². The molecule has 0 aliphatic heterocycles. The number of alkyl halides is 6. The molecule has 0 bridgehead atoms. The van der Waals surface area contributed by atoms with Gasteiger partial charge in [0.1, 0.15) is 5.01 Å². The van der Waals surface area contributed by atoms with Crippen LogP contribution in [-0.2, 0) is 6.54 Å². The lowest BCUT2D eigenvalue weighted by Crippen LogP contribution is -2.46. The van der Waals surface area contributed by atoms with Crippen molar-refractivity contribution in [3.05, 3.63) is 5.01 Å². The Morgan fingerprint density at radius 3 is 2.14 bits per heavy atom. The maximum Gasteiger partial charge on any atom is 0.434 e. The molecular weight excluding hydrogens is 324 g/mol. The molecule has 21 heavy (non-hydrogen) atoms. The number of nitrogens with one attached hydrogen (secondary N) is 1. The van der Waals surface area contributed by atoms with E-state index in [1.165, 1.54) is 0 Å². The van der Waals surface area contributed by atoms with Gasteiger partial charge in [0.05, 0.1) is 0 Å². The molecule has 0 unspecified atom stereocenters. The van der Waals surface area contributed by atoms with E-state index in [1.807, 2.05) is 13.8 Å². The minimum Gasteiger partial charge on any atom is -0.446 e. The fourth-order valence-electron chi connectivity index (χ4n) is 1.25. The Hall–Kier alpha value is -1.10. The molecule has 0 amide bonds. The molecule has 4 nitrogen and oxygen atoms in total. The Morgan fingerprint density at radius 2 is 1.67 bits per heavy atom. The molecule has 1 heterocycles. The first-order chi connectivity index (χ1) is 9.50. The van der Waals surface area contributed by atoms with E-state index in [4.69, 9.17) is 0 Å². The van der Waals surface area contributed by atoms with Crippen molar-refractivity contribution in [2.24, 2.45) is 5.92 Å². The average molecular weight is 337 g/mol. The van der Waals surface area contributed by atoms with E-state index in [0.717, 1.165) is 0 Å². The summed E-state index contributed by atoms with van der Waals surface area (Å²) in [6.45, 7) is 4.71. The molecule has 0 spiro atoms. The van der Waals surface area contributed by atoms with E-state index in [2.05, 4.69) is 20.3 Å². The third-order valence-corrected chi connectivity index (χ3v) is 2.90. The van der Waals surface area contributed by atoms with Crippen LogP contribution in [0.25, 0.3) is 0 Å². The highest BCUT2D eigenvalue weighted by Gasteiger charge is 2.59. The Morgan fingerprint density at radius 1 is 1.10 bits per heavy atom. The summed E-state index contributed by atoms with van der Waals surface area (Å²) in [4.78, 5) is 0. The first-order valence-electron chi connectivity index (χ1n) is 5.83. The fourth-order valence-corrected chi connectivity index (χ4v) is 1.93. The SMILES string of the molecule is CC(C)CNCc1nnc(OC(C(F)(F)F)C(F)(F)F)s1. The average Bonchev–Trinajstić information content (AvgIpc) is 2.70. The van der Waals surface area contributed by atoms with Crippen molar-refractivity contribution in [3.8, 4) is 5.19 Å². The van der Waals surface area contributed by atoms with Crippen LogP contribution in [0.15, 0.2) is 0 Å². The molecule has 0 saturated heterocycles. The van der Waals surface area contributed by atoms with Gasteiger partial charge in [0, 0.05) is 6.54 Å². The lowest BCUT2D eigenvalue weighted by Gasteiger charge is -2.21. The first-order valence-corrected chi connectivity index (χ1v) is 6.65. The van der Waals surface area contributed by atoms with Crippen LogP contribution in [0.4, 0.5) is 26.3 Å². The summed E-state index contributed by atoms with van der Waals surface area (Å²) in [7, 11) is 0. The van der Waals surface area contributed by atoms with Crippen LogP contribution < -0.4 is 10.1 Å². The number of nitrogens with zero attached hydrogens (tertiary/aromatic N) is 2. The van der Waals surface area contributed by atoms with Crippen LogP contribution in [0.5, 0.6) is 5.19 Å². The van der Waals surface area contributed by atoms with Crippen LogP contribution in [0.1, 0.15) is 18.9 Å². The van der Waals surface area contributed by atoms with Gasteiger partial charge in [0.2, 0.25) is 0 Å². The molecule has 11 heteroatoms. The minimum atomic E-state index is -5.57. The van der Waals surface area contributed by atoms with Crippen molar-refractivity contribution in [2.75, 3.05) is 6.54 Å². The molecule has 0 fully saturated rings. The van der Waals surface area contributed by atoms with Crippen molar-refractivity contribution in [1.82, 2.24) is 15.5 Å². The standard InChI is InChI=1S/C10H13F6N3OS/c1-5(2)3-17-4-6-18-19-8(21-6)20-7(9(11,12)13)10(14,15)16/h5,7,17H,3-4H2,1-2H3. The zero-order chi connectivity index (χ0) is 16.3. The van der Waals surface area contributed by atoms with Crippen molar-refractivity contribution in [1.29, 1.82) is 0 Å². The summed E-state index contributed by atoms with van der Waals surface area (Å²) in [6, 6.07) is 0. The predicted molar refractivity (Wildman–Crippen MR) is 63.0 cm³/mol. The second kappa shape index (κ2) is 6.77. The van der Waals surface area contributed by atoms with Crippen molar-refractivity contribution in [3.63, 3.8) is 0 Å². The fraction of sp³-hybridized carbons (Fsp3) is 0.800. The van der Waals surface area contributed by atoms with Crippen molar-refractivity contribution in [2.45, 2.75) is 38.8 Å². The number of hydrogen-bond acceptors (Lipinski definition) is 5. The summed E-state index contributed by atoms with van der Waals surface area (Å²) < 4.78 is 77.7. The second-order valence-electron chi connectivity index (χ2n) is 4.57. The molecule has 0 atom stereocenters. The molecule has 1 N–H and O–H groups in total. The summed E-state index contributed by atoms with van der Waals surface area (Å²) in [5.74, 6) is 0.341. The van der Waals surface area contributed by atoms with Crippen molar-refractivity contribution >= 4 is 11.3 Å². The molecule has 1 aromatic heterocycles. The number of hydrogen-bond donors (Lipinski definition) is 1. The van der Waals surface area contributed by atoms with Gasteiger partial charge < -0.3 is 10.1 Å². The van der Waals surface area contributed by atoms with Gasteiger partial charge in [0.15, 0.2) is 0 Å². The molecule has 0 aliphatic rings. The highest BCUT2D eigenvalue weighted by molar-refractivity contribution is 7.13. The zero-order valence-electron chi connectivity index (χ0n) is 11.0. The van der Waals surface area contributed by atoms with E-state index in [0.29, 0.717) is 23.8 Å². The summed E-state index contributed by atoms with van der Waals surface area (Å²) in [5, 5.41) is 9.08. The van der Waals surface area contributed by atoms with Crippen LogP contribution in [0.3, 0.4) is 0 Å². The van der Waals surface area contributed by atoms with Crippen LogP contribution in [-0.4, -0.2) is 35.2 Å². The highest BCUT2D eigenvalue weighted by Crippen LogP contribution is 2.37. The molecule has 0 saturated carbocycles. The van der Waals surface area contributed by atoms with Crippen molar-refractivity contribution < 1.29 is 31.1 Å². The Balaban J connectivity index is 2.67. The smallest absolute Gasteiger partial charge is 0.434 e. The van der Waals surface area contributed by atoms with Gasteiger partial charge in [-0.1, -0.05) is 30.3 Å². The van der Waals surface area contributed by atoms with Gasteiger partial charge in [-0.15, -0.1) is 5.10 Å². The molecule has 0 aliphatic carbocycles. The van der Waals surface area contributed by atoms with Gasteiger partial charge in [-0.3, -0.25) is 0 Å². The zero-order valence-corrected chi connectivity index (χ0v) is 11.9. The summed E-state index contributed by atoms with van der Waals surface area (Å²) in [6.07, 6.45) is -15.0. The lowest BCUT2D eigenvalue weighted by molar-refractivity contribution is -0.299. The Labute approximate surface area is 120 Å². The summed E-state index contributed by atoms with van der Waals surface area (Å²) >= 11 is 0.538. The lowest BCUT2D eigenvalue weighted by atomic mass is 10.2. The molecule has 0 aromatic carbocycles. The van der Waals surface area contributed by atoms with Gasteiger partial charge in [-0.05, 0) is 12.5 Å². The molecule has 1 rings (SSSR count). The minimum absolute atomic E-state index is 0.196. The largest absolute Gasteiger partial charge is 0.446 e. The highest BCUT2D eigenvalue weighted by atomic mass is 32.1. The third kappa shape index (κ3) is 6.04. The molecular formula is C10H13F6N3OS. The van der Waals surface area contributed by atoms with Gasteiger partial charge in [-0.2, -0.15) is 26.3 Å². The van der Waals surface area contributed by atoms with E-state index in [1.54, 1.807) is 0 Å². The molecule has 122 valence electrons. The summed E-state index contributed by atoms with van der Waals surface area (Å²) in [5.41, 5.74) is 0. The third-order valence-electron chi connectivity index (χ3n) is 2.09. The number of aromatic nitrogens is 2. The van der Waals surface area contributed by atoms with Gasteiger partial charge in [0.25, 0.3) is 11.3 Å². The maximum absolute atomic E-state index is 12.3. The van der Waals surface area contributed by atoms with E-state index < -0.39 is 23.7 Å². The van der Waals surface area contributed by atoms with Gasteiger partial charge >= 0.3 is 12.4 Å².